The van der Waals surface area contributed by atoms with Crippen molar-refractivity contribution in [2.24, 2.45) is 5.92 Å². The summed E-state index contributed by atoms with van der Waals surface area (Å²) in [5.41, 5.74) is 7.39. The number of anilines is 3. The van der Waals surface area contributed by atoms with Gasteiger partial charge in [-0.15, -0.1) is 0 Å². The highest BCUT2D eigenvalue weighted by atomic mass is 16.5. The summed E-state index contributed by atoms with van der Waals surface area (Å²) in [7, 11) is 0. The van der Waals surface area contributed by atoms with Crippen LogP contribution in [-0.4, -0.2) is 82.9 Å². The number of fused-ring (bicyclic) bond motifs is 2. The van der Waals surface area contributed by atoms with Crippen LogP contribution in [0.3, 0.4) is 0 Å². The summed E-state index contributed by atoms with van der Waals surface area (Å²) in [6.07, 6.45) is 7.69. The molecule has 3 saturated heterocycles. The van der Waals surface area contributed by atoms with Gasteiger partial charge < -0.3 is 20.3 Å². The fraction of sp³-hybridized carbons (Fsp3) is 0.619. The lowest BCUT2D eigenvalue weighted by Gasteiger charge is -2.35. The maximum atomic E-state index is 5.79. The number of rotatable bonds is 5. The van der Waals surface area contributed by atoms with E-state index in [1.807, 2.05) is 0 Å². The highest BCUT2D eigenvalue weighted by molar-refractivity contribution is 5.64. The Kier molecular flexibility index (Phi) is 4.45. The van der Waals surface area contributed by atoms with Crippen molar-refractivity contribution in [2.45, 2.75) is 31.4 Å². The molecule has 2 bridgehead atoms. The molecular weight excluding hydrogens is 380 g/mol. The zero-order valence-electron chi connectivity index (χ0n) is 17.2. The molecule has 9 nitrogen and oxygen atoms in total. The van der Waals surface area contributed by atoms with Crippen LogP contribution in [0.15, 0.2) is 18.5 Å². The molecule has 0 amide bonds. The minimum absolute atomic E-state index is 0.272. The number of nitrogens with zero attached hydrogens (tertiary/aromatic N) is 7. The van der Waals surface area contributed by atoms with E-state index in [0.717, 1.165) is 74.7 Å². The second kappa shape index (κ2) is 7.31. The highest BCUT2D eigenvalue weighted by Crippen LogP contribution is 2.34. The van der Waals surface area contributed by atoms with Crippen LogP contribution in [0.1, 0.15) is 19.3 Å². The first-order valence-electron chi connectivity index (χ1n) is 11.0. The van der Waals surface area contributed by atoms with Gasteiger partial charge in [-0.2, -0.15) is 4.98 Å². The molecule has 3 aliphatic heterocycles. The normalized spacial score (nSPS) is 26.5. The SMILES string of the molecule is Nc1ncc(-c2cc(N3CC4CC3CO4)nc(N3CCN(CC4CC4)CC3)n2)cn1. The summed E-state index contributed by atoms with van der Waals surface area (Å²) in [5, 5.41) is 0. The summed E-state index contributed by atoms with van der Waals surface area (Å²) in [5.74, 6) is 2.98. The minimum atomic E-state index is 0.272. The van der Waals surface area contributed by atoms with Gasteiger partial charge in [0, 0.05) is 63.3 Å². The largest absolute Gasteiger partial charge is 0.374 e. The van der Waals surface area contributed by atoms with Gasteiger partial charge >= 0.3 is 0 Å². The lowest BCUT2D eigenvalue weighted by atomic mass is 10.2. The van der Waals surface area contributed by atoms with Gasteiger partial charge in [-0.3, -0.25) is 4.90 Å². The fourth-order valence-corrected chi connectivity index (χ4v) is 4.80. The monoisotopic (exact) mass is 408 g/mol. The van der Waals surface area contributed by atoms with Crippen molar-refractivity contribution in [1.29, 1.82) is 0 Å². The summed E-state index contributed by atoms with van der Waals surface area (Å²) < 4.78 is 5.79. The number of nitrogen functional groups attached to an aromatic ring is 1. The number of hydrogen-bond acceptors (Lipinski definition) is 9. The first-order valence-corrected chi connectivity index (χ1v) is 11.0. The number of ether oxygens (including phenoxy) is 1. The standard InChI is InChI=1S/C21H28N8O/c22-20-23-9-15(10-24-20)18-8-19(29-12-17-7-16(29)13-30-17)26-21(25-18)28-5-3-27(4-6-28)11-14-1-2-14/h8-10,14,16-17H,1-7,11-13H2,(H2,22,23,24). The van der Waals surface area contributed by atoms with Gasteiger partial charge in [0.1, 0.15) is 5.82 Å². The van der Waals surface area contributed by atoms with E-state index in [9.17, 15) is 0 Å². The van der Waals surface area contributed by atoms with Crippen molar-refractivity contribution in [2.75, 3.05) is 61.4 Å². The van der Waals surface area contributed by atoms with Gasteiger partial charge in [0.2, 0.25) is 11.9 Å². The minimum Gasteiger partial charge on any atom is -0.374 e. The van der Waals surface area contributed by atoms with E-state index in [-0.39, 0.29) is 5.95 Å². The molecular formula is C21H28N8O. The van der Waals surface area contributed by atoms with Crippen LogP contribution >= 0.6 is 0 Å². The van der Waals surface area contributed by atoms with Crippen molar-refractivity contribution in [3.63, 3.8) is 0 Å². The summed E-state index contributed by atoms with van der Waals surface area (Å²) in [6.45, 7) is 7.00. The number of morpholine rings is 1. The first kappa shape index (κ1) is 18.3. The molecule has 0 aromatic carbocycles. The molecule has 2 aromatic heterocycles. The van der Waals surface area contributed by atoms with Crippen LogP contribution in [-0.2, 0) is 4.74 Å². The Morgan fingerprint density at radius 2 is 1.87 bits per heavy atom. The van der Waals surface area contributed by atoms with E-state index in [0.29, 0.717) is 12.1 Å². The molecule has 2 atom stereocenters. The van der Waals surface area contributed by atoms with Crippen LogP contribution < -0.4 is 15.5 Å². The third-order valence-electron chi connectivity index (χ3n) is 6.73. The van der Waals surface area contributed by atoms with E-state index in [1.54, 1.807) is 12.4 Å². The molecule has 9 heteroatoms. The van der Waals surface area contributed by atoms with E-state index < -0.39 is 0 Å². The maximum Gasteiger partial charge on any atom is 0.227 e. The highest BCUT2D eigenvalue weighted by Gasteiger charge is 2.40. The Balaban J connectivity index is 1.29. The molecule has 4 aliphatic rings. The van der Waals surface area contributed by atoms with E-state index in [1.165, 1.54) is 19.4 Å². The summed E-state index contributed by atoms with van der Waals surface area (Å²) >= 11 is 0. The van der Waals surface area contributed by atoms with E-state index in [2.05, 4.69) is 30.7 Å². The molecule has 0 radical (unpaired) electrons. The molecule has 6 rings (SSSR count). The van der Waals surface area contributed by atoms with Crippen molar-refractivity contribution in [3.05, 3.63) is 18.5 Å². The predicted molar refractivity (Wildman–Crippen MR) is 114 cm³/mol. The van der Waals surface area contributed by atoms with Gasteiger partial charge in [0.25, 0.3) is 0 Å². The lowest BCUT2D eigenvalue weighted by molar-refractivity contribution is 0.0989. The average molecular weight is 409 g/mol. The smallest absolute Gasteiger partial charge is 0.227 e. The molecule has 2 N–H and O–H groups in total. The Hall–Kier alpha value is -2.52. The number of aromatic nitrogens is 4. The van der Waals surface area contributed by atoms with Crippen LogP contribution in [0.2, 0.25) is 0 Å². The van der Waals surface area contributed by atoms with Crippen LogP contribution in [0.4, 0.5) is 17.7 Å². The topological polar surface area (TPSA) is 96.5 Å². The number of piperazine rings is 1. The van der Waals surface area contributed by atoms with Crippen molar-refractivity contribution >= 4 is 17.7 Å². The second-order valence-corrected chi connectivity index (χ2v) is 8.97. The quantitative estimate of drug-likeness (QED) is 0.778. The van der Waals surface area contributed by atoms with Crippen molar-refractivity contribution in [1.82, 2.24) is 24.8 Å². The Labute approximate surface area is 176 Å². The molecule has 1 aliphatic carbocycles. The fourth-order valence-electron chi connectivity index (χ4n) is 4.80. The van der Waals surface area contributed by atoms with E-state index in [4.69, 9.17) is 20.4 Å². The second-order valence-electron chi connectivity index (χ2n) is 8.97. The molecule has 1 saturated carbocycles. The maximum absolute atomic E-state index is 5.79. The molecule has 30 heavy (non-hydrogen) atoms. The predicted octanol–water partition coefficient (Wildman–Crippen LogP) is 1.03. The van der Waals surface area contributed by atoms with Gasteiger partial charge in [-0.05, 0) is 25.2 Å². The zero-order valence-corrected chi connectivity index (χ0v) is 17.2. The molecule has 2 aromatic rings. The molecule has 0 spiro atoms. The molecule has 158 valence electrons. The average Bonchev–Trinajstić information content (AvgIpc) is 3.33. The Bertz CT molecular complexity index is 910. The van der Waals surface area contributed by atoms with Gasteiger partial charge in [0.05, 0.1) is 24.4 Å². The first-order chi connectivity index (χ1) is 14.7. The van der Waals surface area contributed by atoms with Crippen LogP contribution in [0.5, 0.6) is 0 Å². The molecule has 2 unspecified atom stereocenters. The Morgan fingerprint density at radius 3 is 2.53 bits per heavy atom. The summed E-state index contributed by atoms with van der Waals surface area (Å²) in [6, 6.07) is 2.46. The number of nitrogens with two attached hydrogens (primary N) is 1. The van der Waals surface area contributed by atoms with Gasteiger partial charge in [0.15, 0.2) is 0 Å². The van der Waals surface area contributed by atoms with Crippen molar-refractivity contribution in [3.8, 4) is 11.3 Å². The third kappa shape index (κ3) is 3.56. The Morgan fingerprint density at radius 1 is 1.07 bits per heavy atom. The molecule has 4 fully saturated rings. The van der Waals surface area contributed by atoms with Crippen molar-refractivity contribution < 1.29 is 4.74 Å². The third-order valence-corrected chi connectivity index (χ3v) is 6.73. The number of hydrogen-bond donors (Lipinski definition) is 1. The zero-order chi connectivity index (χ0) is 20.1. The lowest BCUT2D eigenvalue weighted by Crippen LogP contribution is -2.47. The van der Waals surface area contributed by atoms with E-state index >= 15 is 0 Å². The summed E-state index contributed by atoms with van der Waals surface area (Å²) in [4.78, 5) is 25.5. The van der Waals surface area contributed by atoms with Gasteiger partial charge in [-0.1, -0.05) is 0 Å². The van der Waals surface area contributed by atoms with Crippen LogP contribution in [0.25, 0.3) is 11.3 Å². The van der Waals surface area contributed by atoms with Gasteiger partial charge in [-0.25, -0.2) is 15.0 Å². The van der Waals surface area contributed by atoms with Crippen LogP contribution in [0, 0.1) is 5.92 Å². The molecule has 5 heterocycles.